The van der Waals surface area contributed by atoms with Gasteiger partial charge in [0.2, 0.25) is 15.9 Å². The van der Waals surface area contributed by atoms with Gasteiger partial charge in [-0.2, -0.15) is 4.31 Å². The van der Waals surface area contributed by atoms with Crippen molar-refractivity contribution in [3.8, 4) is 5.75 Å². The molecule has 1 amide bonds. The number of rotatable bonds is 6. The lowest BCUT2D eigenvalue weighted by Gasteiger charge is -2.24. The largest absolute Gasteiger partial charge is 0.497 e. The number of anilines is 1. The first kappa shape index (κ1) is 20.7. The maximum atomic E-state index is 13.3. The second-order valence-electron chi connectivity index (χ2n) is 6.59. The molecule has 0 saturated carbocycles. The normalized spacial score (nSPS) is 17.5. The van der Waals surface area contributed by atoms with Crippen LogP contribution in [0.5, 0.6) is 5.75 Å². The van der Waals surface area contributed by atoms with Gasteiger partial charge in [-0.15, -0.1) is 11.8 Å². The van der Waals surface area contributed by atoms with Crippen LogP contribution in [-0.2, 0) is 14.8 Å². The zero-order valence-corrected chi connectivity index (χ0v) is 17.8. The van der Waals surface area contributed by atoms with Crippen molar-refractivity contribution >= 4 is 33.4 Å². The molecule has 1 heterocycles. The molecule has 1 aliphatic rings. The third-order valence-electron chi connectivity index (χ3n) is 4.85. The van der Waals surface area contributed by atoms with E-state index in [1.807, 2.05) is 30.5 Å². The number of thioether (sulfide) groups is 1. The Hall–Kier alpha value is -2.03. The van der Waals surface area contributed by atoms with Crippen molar-refractivity contribution in [1.29, 1.82) is 0 Å². The van der Waals surface area contributed by atoms with E-state index >= 15 is 0 Å². The predicted molar refractivity (Wildman–Crippen MR) is 111 cm³/mol. The van der Waals surface area contributed by atoms with E-state index in [9.17, 15) is 13.2 Å². The average Bonchev–Trinajstić information content (AvgIpc) is 3.19. The second-order valence-corrected chi connectivity index (χ2v) is 9.30. The molecule has 1 N–H and O–H groups in total. The summed E-state index contributed by atoms with van der Waals surface area (Å²) < 4.78 is 33.1. The van der Waals surface area contributed by atoms with Crippen LogP contribution in [0.25, 0.3) is 0 Å². The molecule has 150 valence electrons. The van der Waals surface area contributed by atoms with Crippen molar-refractivity contribution in [2.75, 3.05) is 25.2 Å². The Labute approximate surface area is 170 Å². The summed E-state index contributed by atoms with van der Waals surface area (Å²) in [6.45, 7) is 2.06. The predicted octanol–water partition coefficient (Wildman–Crippen LogP) is 3.52. The van der Waals surface area contributed by atoms with E-state index in [4.69, 9.17) is 4.74 Å². The molecular weight excluding hydrogens is 396 g/mol. The fourth-order valence-electron chi connectivity index (χ4n) is 3.37. The lowest BCUT2D eigenvalue weighted by molar-refractivity contribution is -0.119. The summed E-state index contributed by atoms with van der Waals surface area (Å²) in [5, 5.41) is 2.90. The highest BCUT2D eigenvalue weighted by molar-refractivity contribution is 7.98. The van der Waals surface area contributed by atoms with Crippen LogP contribution in [0.2, 0.25) is 0 Å². The van der Waals surface area contributed by atoms with E-state index in [1.54, 1.807) is 19.1 Å². The summed E-state index contributed by atoms with van der Waals surface area (Å²) in [6, 6.07) is 11.7. The lowest BCUT2D eigenvalue weighted by Crippen LogP contribution is -2.43. The van der Waals surface area contributed by atoms with Gasteiger partial charge in [0.05, 0.1) is 17.7 Å². The first-order valence-electron chi connectivity index (χ1n) is 8.99. The summed E-state index contributed by atoms with van der Waals surface area (Å²) in [6.07, 6.45) is 3.07. The Morgan fingerprint density at radius 2 is 2.00 bits per heavy atom. The molecule has 1 atom stereocenters. The fourth-order valence-corrected chi connectivity index (χ4v) is 5.82. The molecule has 2 aromatic rings. The van der Waals surface area contributed by atoms with E-state index in [0.29, 0.717) is 36.4 Å². The third kappa shape index (κ3) is 4.04. The number of nitrogens with one attached hydrogen (secondary N) is 1. The Kier molecular flexibility index (Phi) is 6.32. The van der Waals surface area contributed by atoms with Gasteiger partial charge in [0.1, 0.15) is 11.8 Å². The molecule has 6 nitrogen and oxygen atoms in total. The summed E-state index contributed by atoms with van der Waals surface area (Å²) >= 11 is 1.53. The van der Waals surface area contributed by atoms with Crippen LogP contribution in [0, 0.1) is 6.92 Å². The number of carbonyl (C=O) groups is 1. The van der Waals surface area contributed by atoms with Gasteiger partial charge < -0.3 is 10.1 Å². The molecular formula is C20H24N2O4S2. The Morgan fingerprint density at radius 3 is 2.71 bits per heavy atom. The number of amides is 1. The van der Waals surface area contributed by atoms with E-state index < -0.39 is 16.1 Å². The number of benzene rings is 2. The quantitative estimate of drug-likeness (QED) is 0.724. The molecule has 1 saturated heterocycles. The number of hydrogen-bond donors (Lipinski definition) is 1. The number of carbonyl (C=O) groups excluding carboxylic acids is 1. The Bertz CT molecular complexity index is 976. The fraction of sp³-hybridized carbons (Fsp3) is 0.350. The minimum atomic E-state index is -3.82. The molecule has 0 aromatic heterocycles. The summed E-state index contributed by atoms with van der Waals surface area (Å²) in [4.78, 5) is 14.0. The molecule has 28 heavy (non-hydrogen) atoms. The number of methoxy groups -OCH3 is 1. The van der Waals surface area contributed by atoms with Crippen LogP contribution < -0.4 is 10.1 Å². The minimum Gasteiger partial charge on any atom is -0.497 e. The molecule has 0 unspecified atom stereocenters. The smallest absolute Gasteiger partial charge is 0.244 e. The van der Waals surface area contributed by atoms with Crippen molar-refractivity contribution < 1.29 is 17.9 Å². The second kappa shape index (κ2) is 8.55. The number of ether oxygens (including phenoxy) is 1. The maximum Gasteiger partial charge on any atom is 0.244 e. The van der Waals surface area contributed by atoms with E-state index in [2.05, 4.69) is 5.32 Å². The number of aryl methyl sites for hydroxylation is 1. The summed E-state index contributed by atoms with van der Waals surface area (Å²) in [5.41, 5.74) is 1.32. The van der Waals surface area contributed by atoms with Crippen LogP contribution >= 0.6 is 11.8 Å². The molecule has 1 aliphatic heterocycles. The first-order valence-corrected chi connectivity index (χ1v) is 11.7. The van der Waals surface area contributed by atoms with Crippen LogP contribution in [-0.4, -0.2) is 44.6 Å². The highest BCUT2D eigenvalue weighted by atomic mass is 32.2. The maximum absolute atomic E-state index is 13.3. The van der Waals surface area contributed by atoms with Crippen molar-refractivity contribution in [3.05, 3.63) is 48.0 Å². The van der Waals surface area contributed by atoms with E-state index in [0.717, 1.165) is 4.90 Å². The minimum absolute atomic E-state index is 0.177. The number of hydrogen-bond acceptors (Lipinski definition) is 5. The summed E-state index contributed by atoms with van der Waals surface area (Å²) in [7, 11) is -2.32. The van der Waals surface area contributed by atoms with Crippen LogP contribution in [0.4, 0.5) is 5.69 Å². The molecule has 8 heteroatoms. The van der Waals surface area contributed by atoms with Gasteiger partial charge in [0.15, 0.2) is 0 Å². The van der Waals surface area contributed by atoms with Gasteiger partial charge in [-0.05, 0) is 49.8 Å². The van der Waals surface area contributed by atoms with Crippen molar-refractivity contribution in [3.63, 3.8) is 0 Å². The van der Waals surface area contributed by atoms with Gasteiger partial charge in [-0.25, -0.2) is 8.42 Å². The molecule has 0 bridgehead atoms. The highest BCUT2D eigenvalue weighted by Gasteiger charge is 2.40. The zero-order valence-electron chi connectivity index (χ0n) is 16.1. The van der Waals surface area contributed by atoms with Gasteiger partial charge in [0, 0.05) is 17.5 Å². The summed E-state index contributed by atoms with van der Waals surface area (Å²) in [5.74, 6) is 0.168. The Morgan fingerprint density at radius 1 is 1.25 bits per heavy atom. The zero-order chi connectivity index (χ0) is 20.3. The highest BCUT2D eigenvalue weighted by Crippen LogP contribution is 2.31. The van der Waals surface area contributed by atoms with Gasteiger partial charge in [-0.1, -0.05) is 18.2 Å². The van der Waals surface area contributed by atoms with E-state index in [1.165, 1.54) is 29.2 Å². The molecule has 2 aromatic carbocycles. The Balaban J connectivity index is 1.89. The van der Waals surface area contributed by atoms with Crippen LogP contribution in [0.3, 0.4) is 0 Å². The number of para-hydroxylation sites is 1. The lowest BCUT2D eigenvalue weighted by atomic mass is 10.2. The molecule has 3 rings (SSSR count). The van der Waals surface area contributed by atoms with Crippen LogP contribution in [0.1, 0.15) is 18.4 Å². The number of nitrogens with zero attached hydrogens (tertiary/aromatic N) is 1. The molecule has 1 fully saturated rings. The van der Waals surface area contributed by atoms with Gasteiger partial charge >= 0.3 is 0 Å². The van der Waals surface area contributed by atoms with E-state index in [-0.39, 0.29) is 10.8 Å². The number of sulfonamides is 1. The average molecular weight is 421 g/mol. The standard InChI is InChI=1S/C20H24N2O4S2/c1-14-10-11-15(26-2)13-19(14)28(24,25)22-12-6-8-17(22)20(23)21-16-7-4-5-9-18(16)27-3/h4-5,7,9-11,13,17H,6,8,12H2,1-3H3,(H,21,23)/t17-/m1/s1. The third-order valence-corrected chi connectivity index (χ3v) is 7.70. The topological polar surface area (TPSA) is 75.7 Å². The van der Waals surface area contributed by atoms with Crippen LogP contribution in [0.15, 0.2) is 52.3 Å². The van der Waals surface area contributed by atoms with Gasteiger partial charge in [0.25, 0.3) is 0 Å². The molecule has 0 aliphatic carbocycles. The first-order chi connectivity index (χ1) is 13.4. The van der Waals surface area contributed by atoms with Gasteiger partial charge in [-0.3, -0.25) is 4.79 Å². The van der Waals surface area contributed by atoms with Crippen molar-refractivity contribution in [1.82, 2.24) is 4.31 Å². The molecule has 0 radical (unpaired) electrons. The van der Waals surface area contributed by atoms with Crippen molar-refractivity contribution in [2.45, 2.75) is 35.6 Å². The SMILES string of the molecule is COc1ccc(C)c(S(=O)(=O)N2CCC[C@@H]2C(=O)Nc2ccccc2SC)c1. The monoisotopic (exact) mass is 420 g/mol. The molecule has 0 spiro atoms. The van der Waals surface area contributed by atoms with Crippen molar-refractivity contribution in [2.24, 2.45) is 0 Å².